The monoisotopic (exact) mass is 1610 g/mol. The van der Waals surface area contributed by atoms with E-state index in [-0.39, 0.29) is 0 Å². The van der Waals surface area contributed by atoms with Gasteiger partial charge in [0.25, 0.3) is 0 Å². The highest BCUT2D eigenvalue weighted by atomic mass is 31.2. The zero-order chi connectivity index (χ0) is 81.8. The van der Waals surface area contributed by atoms with Gasteiger partial charge in [-0.3, -0.25) is 0 Å². The van der Waals surface area contributed by atoms with Crippen LogP contribution in [-0.4, -0.2) is 24.1 Å². The van der Waals surface area contributed by atoms with Crippen LogP contribution in [0.2, 0.25) is 0 Å². The summed E-state index contributed by atoms with van der Waals surface area (Å²) in [5.74, 6) is 4.83. The van der Waals surface area contributed by atoms with Gasteiger partial charge >= 0.3 is 0 Å². The van der Waals surface area contributed by atoms with Crippen LogP contribution in [0.3, 0.4) is 0 Å². The minimum atomic E-state index is -3.73. The first kappa shape index (κ1) is 71.0. The Balaban J connectivity index is 0.677. The van der Waals surface area contributed by atoms with Crippen LogP contribution < -0.4 is 35.2 Å². The summed E-state index contributed by atoms with van der Waals surface area (Å²) in [6.07, 6.45) is 0. The highest BCUT2D eigenvalue weighted by Crippen LogP contribution is 2.66. The van der Waals surface area contributed by atoms with E-state index in [1.165, 1.54) is 0 Å². The van der Waals surface area contributed by atoms with E-state index in [4.69, 9.17) is 24.4 Å². The molecule has 0 aliphatic carbocycles. The van der Waals surface area contributed by atoms with Crippen molar-refractivity contribution in [3.8, 4) is 79.7 Å². The Bertz CT molecular complexity index is 7840. The molecule has 2 spiro atoms. The molecule has 0 N–H and O–H groups in total. The van der Waals surface area contributed by atoms with E-state index in [1.807, 2.05) is 91.0 Å². The molecule has 1 unspecified atom stereocenters. The zero-order valence-electron chi connectivity index (χ0n) is 66.9. The lowest BCUT2D eigenvalue weighted by atomic mass is 9.61. The number of anilines is 6. The quantitative estimate of drug-likeness (QED) is 0.118. The van der Waals surface area contributed by atoms with Crippen LogP contribution in [0.1, 0.15) is 44.5 Å². The molecule has 0 radical (unpaired) electrons. The van der Waals surface area contributed by atoms with Crippen LogP contribution in [0.4, 0.5) is 34.1 Å². The Labute approximate surface area is 715 Å². The number of benzene rings is 18. The summed E-state index contributed by atoms with van der Waals surface area (Å²) in [4.78, 5) is 20.5. The van der Waals surface area contributed by atoms with Gasteiger partial charge in [-0.05, 0) is 173 Å². The van der Waals surface area contributed by atoms with Crippen LogP contribution in [0.5, 0.6) is 23.0 Å². The molecule has 10 nitrogen and oxygen atoms in total. The first-order valence-corrected chi connectivity index (χ1v) is 43.8. The molecule has 11 heteroatoms. The summed E-state index contributed by atoms with van der Waals surface area (Å²) in [6, 6.07) is 155. The minimum Gasteiger partial charge on any atom is -0.457 e. The van der Waals surface area contributed by atoms with Crippen LogP contribution in [0.15, 0.2) is 437 Å². The van der Waals surface area contributed by atoms with Crippen molar-refractivity contribution >= 4 is 101 Å². The fourth-order valence-corrected chi connectivity index (χ4v) is 23.4. The molecule has 0 saturated carbocycles. The second kappa shape index (κ2) is 27.8. The highest BCUT2D eigenvalue weighted by molar-refractivity contribution is 7.85. The van der Waals surface area contributed by atoms with Crippen LogP contribution in [0.25, 0.3) is 100 Å². The van der Waals surface area contributed by atoms with Gasteiger partial charge in [-0.2, -0.15) is 0 Å². The predicted octanol–water partition coefficient (Wildman–Crippen LogP) is 26.9. The molecule has 7 heterocycles. The maximum Gasteiger partial charge on any atom is 0.171 e. The van der Waals surface area contributed by atoms with Crippen LogP contribution in [-0.2, 0) is 15.4 Å². The maximum atomic E-state index is 17.6. The number of hydrogen-bond acceptors (Lipinski definition) is 8. The van der Waals surface area contributed by atoms with Crippen LogP contribution in [0, 0.1) is 0 Å². The second-order valence-corrected chi connectivity index (χ2v) is 35.1. The van der Waals surface area contributed by atoms with Gasteiger partial charge in [-0.15, -0.1) is 0 Å². The highest BCUT2D eigenvalue weighted by Gasteiger charge is 2.54. The van der Waals surface area contributed by atoms with Crippen LogP contribution >= 0.6 is 7.14 Å². The van der Waals surface area contributed by atoms with Gasteiger partial charge in [0.1, 0.15) is 23.0 Å². The van der Waals surface area contributed by atoms with E-state index >= 15 is 4.57 Å². The van der Waals surface area contributed by atoms with Gasteiger partial charge in [0.05, 0.1) is 55.6 Å². The molecule has 3 aromatic heterocycles. The third kappa shape index (κ3) is 10.4. The van der Waals surface area contributed by atoms with Crippen molar-refractivity contribution in [3.05, 3.63) is 481 Å². The van der Waals surface area contributed by atoms with Gasteiger partial charge < -0.3 is 33.0 Å². The number of para-hydroxylation sites is 9. The SMILES string of the molecule is O=P(c1ccccc1)(c1ccc(-n2c3ccccc3c3cc4c(cc32)C2(c3ccccc3O4)c3ccccc3N(c3ccccc3)c3ccccc32)cc1)c1cccc(-c2cccc3c2c2cc4c(cc2n3-c2cccc(-c3nc(-c5ccccc5)nc(-c5ccccc5)n3)c2)C2(c3ccccc3O4)c3ccccc3N(c3ccccc3)c3ccccc32)c1. The molecule has 0 amide bonds. The smallest absolute Gasteiger partial charge is 0.171 e. The van der Waals surface area contributed by atoms with E-state index in [0.717, 1.165) is 190 Å². The average molecular weight is 1610 g/mol. The second-order valence-electron chi connectivity index (χ2n) is 32.3. The van der Waals surface area contributed by atoms with E-state index < -0.39 is 18.0 Å². The van der Waals surface area contributed by atoms with E-state index in [9.17, 15) is 0 Å². The summed E-state index contributed by atoms with van der Waals surface area (Å²) >= 11 is 0. The fourth-order valence-electron chi connectivity index (χ4n) is 20.7. The summed E-state index contributed by atoms with van der Waals surface area (Å²) in [6.45, 7) is 0. The van der Waals surface area contributed by atoms with Gasteiger partial charge in [-0.25, -0.2) is 15.0 Å². The number of rotatable bonds is 11. The van der Waals surface area contributed by atoms with Crippen molar-refractivity contribution in [2.75, 3.05) is 9.80 Å². The molecule has 0 bridgehead atoms. The number of ether oxygens (including phenoxy) is 2. The molecule has 0 saturated heterocycles. The predicted molar refractivity (Wildman–Crippen MR) is 503 cm³/mol. The lowest BCUT2D eigenvalue weighted by Gasteiger charge is -2.48. The first-order valence-electron chi connectivity index (χ1n) is 42.1. The lowest BCUT2D eigenvalue weighted by Crippen LogP contribution is -2.39. The van der Waals surface area contributed by atoms with Gasteiger partial charge in [0.15, 0.2) is 24.6 Å². The number of aromatic nitrogens is 5. The molecule has 4 aliphatic rings. The summed E-state index contributed by atoms with van der Waals surface area (Å²) in [5.41, 5.74) is 23.8. The van der Waals surface area contributed by atoms with E-state index in [1.54, 1.807) is 0 Å². The van der Waals surface area contributed by atoms with Crippen molar-refractivity contribution < 1.29 is 14.0 Å². The van der Waals surface area contributed by atoms with Crippen molar-refractivity contribution in [2.45, 2.75) is 10.8 Å². The molecule has 582 valence electrons. The molecule has 4 aliphatic heterocycles. The summed E-state index contributed by atoms with van der Waals surface area (Å²) < 4.78 is 37.1. The third-order valence-corrected chi connectivity index (χ3v) is 29.0. The Kier molecular flexibility index (Phi) is 15.9. The van der Waals surface area contributed by atoms with Crippen molar-refractivity contribution in [3.63, 3.8) is 0 Å². The molecule has 124 heavy (non-hydrogen) atoms. The van der Waals surface area contributed by atoms with Crippen molar-refractivity contribution in [1.82, 2.24) is 24.1 Å². The molecule has 0 fully saturated rings. The normalized spacial score (nSPS) is 14.0. The molecular weight excluding hydrogens is 1530 g/mol. The number of hydrogen-bond donors (Lipinski definition) is 0. The maximum absolute atomic E-state index is 17.6. The Morgan fingerprint density at radius 3 is 1.15 bits per heavy atom. The van der Waals surface area contributed by atoms with Gasteiger partial charge in [0.2, 0.25) is 0 Å². The Hall–Kier alpha value is -16.0. The topological polar surface area (TPSA) is 90.5 Å². The largest absolute Gasteiger partial charge is 0.457 e. The third-order valence-electron chi connectivity index (χ3n) is 25.9. The Morgan fingerprint density at radius 2 is 0.613 bits per heavy atom. The molecule has 18 aromatic carbocycles. The van der Waals surface area contributed by atoms with E-state index in [0.29, 0.717) is 28.1 Å². The minimum absolute atomic E-state index is 0.541. The lowest BCUT2D eigenvalue weighted by molar-refractivity contribution is 0.434. The summed E-state index contributed by atoms with van der Waals surface area (Å²) in [5, 5.41) is 6.24. The first-order chi connectivity index (χ1) is 61.4. The molecule has 25 rings (SSSR count). The average Bonchev–Trinajstić information content (AvgIpc) is 1.03. The molecule has 1 atom stereocenters. The van der Waals surface area contributed by atoms with Crippen molar-refractivity contribution in [2.24, 2.45) is 0 Å². The molecule has 21 aromatic rings. The van der Waals surface area contributed by atoms with E-state index in [2.05, 4.69) is 365 Å². The summed E-state index contributed by atoms with van der Waals surface area (Å²) in [7, 11) is -3.73. The van der Waals surface area contributed by atoms with Gasteiger partial charge in [0, 0.05) is 99.2 Å². The fraction of sp³-hybridized carbons (Fsp3) is 0.0177. The molecular formula is C113H72N7O3P. The Morgan fingerprint density at radius 1 is 0.234 bits per heavy atom. The number of nitrogens with zero attached hydrogens (tertiary/aromatic N) is 7. The zero-order valence-corrected chi connectivity index (χ0v) is 67.8. The van der Waals surface area contributed by atoms with Crippen molar-refractivity contribution in [1.29, 1.82) is 0 Å². The number of fused-ring (bicyclic) bond motifs is 22. The standard InChI is InChI=1S/C113H72N7O3P/c121-124(81-44-14-5-15-45-81,82-65-63-79(64-66-82)117-96-55-23-16-47-85(96)86-69-106-94(71-102(86)117)112(92-53-21-28-61-104(92)122-106)88-49-17-24-56-97(88)118(77-39-10-3-11-40-77)98-57-25-18-50-89(98)112)83-46-31-37-75(68-83)84-48-32-60-101-108(84)87-70-107-95(72-103(87)120(101)80-43-30-38-76(67-80)111-115-109(73-33-6-1-7-34-73)114-110(116-111)74-35-8-2-9-36-74)113(93-54-22-29-62-105(93)123-107)90-51-19-26-58-99(90)119(78-41-12-4-13-42-78)100-59-27-20-52-91(100)113/h1-72H. The van der Waals surface area contributed by atoms with Gasteiger partial charge in [-0.1, -0.05) is 297 Å².